The second-order valence-corrected chi connectivity index (χ2v) is 8.41. The third-order valence-electron chi connectivity index (χ3n) is 3.78. The number of anilines is 1. The largest absolute Gasteiger partial charge is 0.495 e. The van der Waals surface area contributed by atoms with Crippen molar-refractivity contribution in [3.63, 3.8) is 0 Å². The number of halogens is 1. The van der Waals surface area contributed by atoms with Crippen molar-refractivity contribution in [1.29, 1.82) is 0 Å². The smallest absolute Gasteiger partial charge is 0.242 e. The van der Waals surface area contributed by atoms with Crippen LogP contribution in [0.1, 0.15) is 12.0 Å². The summed E-state index contributed by atoms with van der Waals surface area (Å²) in [6, 6.07) is 11.5. The van der Waals surface area contributed by atoms with Crippen LogP contribution in [0.15, 0.2) is 47.4 Å². The van der Waals surface area contributed by atoms with Crippen LogP contribution in [0.4, 0.5) is 5.69 Å². The topological polar surface area (TPSA) is 75.7 Å². The molecular formula is C18H21ClN2O4S. The number of carbonyl (C=O) groups is 1. The maximum Gasteiger partial charge on any atom is 0.242 e. The van der Waals surface area contributed by atoms with E-state index in [9.17, 15) is 13.2 Å². The van der Waals surface area contributed by atoms with Gasteiger partial charge in [-0.1, -0.05) is 23.7 Å². The molecule has 0 atom stereocenters. The van der Waals surface area contributed by atoms with Crippen molar-refractivity contribution < 1.29 is 17.9 Å². The number of sulfonamides is 1. The van der Waals surface area contributed by atoms with Gasteiger partial charge in [-0.25, -0.2) is 12.7 Å². The van der Waals surface area contributed by atoms with E-state index < -0.39 is 10.0 Å². The molecule has 1 N–H and O–H groups in total. The van der Waals surface area contributed by atoms with Crippen molar-refractivity contribution in [3.05, 3.63) is 53.1 Å². The van der Waals surface area contributed by atoms with Crippen LogP contribution < -0.4 is 10.1 Å². The Morgan fingerprint density at radius 3 is 2.38 bits per heavy atom. The SMILES string of the molecule is COc1ccc(Cl)cc1NC(=O)CCc1ccc(S(=O)(=O)N(C)C)cc1. The van der Waals surface area contributed by atoms with Gasteiger partial charge in [-0.3, -0.25) is 4.79 Å². The lowest BCUT2D eigenvalue weighted by Gasteiger charge is -2.12. The molecule has 0 spiro atoms. The fourth-order valence-electron chi connectivity index (χ4n) is 2.29. The number of aryl methyl sites for hydroxylation is 1. The number of methoxy groups -OCH3 is 1. The zero-order valence-corrected chi connectivity index (χ0v) is 16.4. The fraction of sp³-hybridized carbons (Fsp3) is 0.278. The Bertz CT molecular complexity index is 881. The molecule has 0 bridgehead atoms. The first-order valence-electron chi connectivity index (χ1n) is 7.89. The maximum absolute atomic E-state index is 12.2. The van der Waals surface area contributed by atoms with Gasteiger partial charge in [0.2, 0.25) is 15.9 Å². The highest BCUT2D eigenvalue weighted by molar-refractivity contribution is 7.89. The zero-order chi connectivity index (χ0) is 19.3. The van der Waals surface area contributed by atoms with Gasteiger partial charge in [0.25, 0.3) is 0 Å². The van der Waals surface area contributed by atoms with E-state index in [0.717, 1.165) is 9.87 Å². The van der Waals surface area contributed by atoms with E-state index in [1.54, 1.807) is 42.5 Å². The highest BCUT2D eigenvalue weighted by Gasteiger charge is 2.16. The van der Waals surface area contributed by atoms with E-state index in [-0.39, 0.29) is 17.2 Å². The first-order chi connectivity index (χ1) is 12.2. The van der Waals surface area contributed by atoms with Gasteiger partial charge in [0, 0.05) is 25.5 Å². The lowest BCUT2D eigenvalue weighted by atomic mass is 10.1. The second-order valence-electron chi connectivity index (χ2n) is 5.82. The van der Waals surface area contributed by atoms with Crippen LogP contribution >= 0.6 is 11.6 Å². The van der Waals surface area contributed by atoms with E-state index in [4.69, 9.17) is 16.3 Å². The lowest BCUT2D eigenvalue weighted by Crippen LogP contribution is -2.22. The molecule has 6 nitrogen and oxygen atoms in total. The van der Waals surface area contributed by atoms with Crippen molar-refractivity contribution in [2.24, 2.45) is 0 Å². The van der Waals surface area contributed by atoms with Crippen molar-refractivity contribution in [2.45, 2.75) is 17.7 Å². The third kappa shape index (κ3) is 4.97. The summed E-state index contributed by atoms with van der Waals surface area (Å²) in [4.78, 5) is 12.4. The Morgan fingerprint density at radius 1 is 1.15 bits per heavy atom. The molecule has 0 unspecified atom stereocenters. The quantitative estimate of drug-likeness (QED) is 0.779. The Morgan fingerprint density at radius 2 is 1.81 bits per heavy atom. The van der Waals surface area contributed by atoms with Crippen molar-refractivity contribution >= 4 is 33.2 Å². The van der Waals surface area contributed by atoms with Gasteiger partial charge in [0.05, 0.1) is 17.7 Å². The molecule has 0 aliphatic heterocycles. The molecule has 0 aliphatic carbocycles. The van der Waals surface area contributed by atoms with Crippen LogP contribution in [0.25, 0.3) is 0 Å². The molecular weight excluding hydrogens is 376 g/mol. The number of amides is 1. The van der Waals surface area contributed by atoms with Crippen molar-refractivity contribution in [2.75, 3.05) is 26.5 Å². The minimum absolute atomic E-state index is 0.185. The van der Waals surface area contributed by atoms with E-state index in [1.165, 1.54) is 21.2 Å². The third-order valence-corrected chi connectivity index (χ3v) is 5.84. The normalized spacial score (nSPS) is 11.4. The minimum atomic E-state index is -3.45. The van der Waals surface area contributed by atoms with Crippen molar-refractivity contribution in [3.8, 4) is 5.75 Å². The lowest BCUT2D eigenvalue weighted by molar-refractivity contribution is -0.116. The number of ether oxygens (including phenoxy) is 1. The van der Waals surface area contributed by atoms with Crippen LogP contribution in [0, 0.1) is 0 Å². The van der Waals surface area contributed by atoms with E-state index in [2.05, 4.69) is 5.32 Å². The zero-order valence-electron chi connectivity index (χ0n) is 14.8. The van der Waals surface area contributed by atoms with Gasteiger partial charge >= 0.3 is 0 Å². The average Bonchev–Trinajstić information content (AvgIpc) is 2.60. The Hall–Kier alpha value is -2.09. The molecule has 0 saturated heterocycles. The second kappa shape index (κ2) is 8.53. The molecule has 1 amide bonds. The number of hydrogen-bond donors (Lipinski definition) is 1. The maximum atomic E-state index is 12.2. The van der Waals surface area contributed by atoms with Crippen LogP contribution in [-0.2, 0) is 21.2 Å². The highest BCUT2D eigenvalue weighted by atomic mass is 35.5. The summed E-state index contributed by atoms with van der Waals surface area (Å²) in [6.45, 7) is 0. The molecule has 26 heavy (non-hydrogen) atoms. The standard InChI is InChI=1S/C18H21ClN2O4S/c1-21(2)26(23,24)15-8-4-13(5-9-15)6-11-18(22)20-16-12-14(19)7-10-17(16)25-3/h4-5,7-10,12H,6,11H2,1-3H3,(H,20,22). The van der Waals surface area contributed by atoms with Gasteiger partial charge in [0.15, 0.2) is 0 Å². The van der Waals surface area contributed by atoms with E-state index in [0.29, 0.717) is 22.9 Å². The van der Waals surface area contributed by atoms with E-state index in [1.807, 2.05) is 0 Å². The summed E-state index contributed by atoms with van der Waals surface area (Å²) < 4.78 is 30.4. The number of hydrogen-bond acceptors (Lipinski definition) is 4. The Kier molecular flexibility index (Phi) is 6.63. The monoisotopic (exact) mass is 396 g/mol. The summed E-state index contributed by atoms with van der Waals surface area (Å²) in [7, 11) is 1.03. The van der Waals surface area contributed by atoms with Gasteiger partial charge in [-0.05, 0) is 42.3 Å². The predicted molar refractivity (Wildman–Crippen MR) is 102 cm³/mol. The van der Waals surface area contributed by atoms with Gasteiger partial charge in [-0.15, -0.1) is 0 Å². The van der Waals surface area contributed by atoms with Gasteiger partial charge in [-0.2, -0.15) is 0 Å². The Balaban J connectivity index is 1.99. The summed E-state index contributed by atoms with van der Waals surface area (Å²) in [6.07, 6.45) is 0.729. The van der Waals surface area contributed by atoms with Crippen LogP contribution in [-0.4, -0.2) is 39.8 Å². The molecule has 140 valence electrons. The summed E-state index contributed by atoms with van der Waals surface area (Å²) in [5, 5.41) is 3.27. The molecule has 0 radical (unpaired) electrons. The van der Waals surface area contributed by atoms with Crippen molar-refractivity contribution in [1.82, 2.24) is 4.31 Å². The molecule has 0 aromatic heterocycles. The van der Waals surface area contributed by atoms with Gasteiger partial charge < -0.3 is 10.1 Å². The number of benzene rings is 2. The fourth-order valence-corrected chi connectivity index (χ4v) is 3.36. The molecule has 0 saturated carbocycles. The molecule has 0 aliphatic rings. The molecule has 0 heterocycles. The summed E-state index contributed by atoms with van der Waals surface area (Å²) >= 11 is 5.94. The number of nitrogens with zero attached hydrogens (tertiary/aromatic N) is 1. The number of nitrogens with one attached hydrogen (secondary N) is 1. The highest BCUT2D eigenvalue weighted by Crippen LogP contribution is 2.27. The number of carbonyl (C=O) groups excluding carboxylic acids is 1. The van der Waals surface area contributed by atoms with Crippen LogP contribution in [0.2, 0.25) is 5.02 Å². The average molecular weight is 397 g/mol. The molecule has 2 rings (SSSR count). The summed E-state index contributed by atoms with van der Waals surface area (Å²) in [5.74, 6) is 0.344. The predicted octanol–water partition coefficient (Wildman–Crippen LogP) is 3.17. The van der Waals surface area contributed by atoms with E-state index >= 15 is 0 Å². The molecule has 8 heteroatoms. The minimum Gasteiger partial charge on any atom is -0.495 e. The number of rotatable bonds is 7. The van der Waals surface area contributed by atoms with Gasteiger partial charge in [0.1, 0.15) is 5.75 Å². The van der Waals surface area contributed by atoms with Crippen LogP contribution in [0.5, 0.6) is 5.75 Å². The summed E-state index contributed by atoms with van der Waals surface area (Å²) in [5.41, 5.74) is 1.38. The van der Waals surface area contributed by atoms with Crippen LogP contribution in [0.3, 0.4) is 0 Å². The molecule has 2 aromatic carbocycles. The molecule has 0 fully saturated rings. The first kappa shape index (κ1) is 20.2. The molecule has 2 aromatic rings. The first-order valence-corrected chi connectivity index (χ1v) is 9.70. The Labute approximate surface area is 158 Å².